The second-order valence-electron chi connectivity index (χ2n) is 6.30. The van der Waals surface area contributed by atoms with Gasteiger partial charge in [-0.25, -0.2) is 9.59 Å². The van der Waals surface area contributed by atoms with Crippen molar-refractivity contribution in [3.05, 3.63) is 53.1 Å². The van der Waals surface area contributed by atoms with Gasteiger partial charge < -0.3 is 29.7 Å². The molecule has 3 rings (SSSR count). The average molecular weight is 429 g/mol. The molecule has 11 heteroatoms. The van der Waals surface area contributed by atoms with E-state index < -0.39 is 23.8 Å². The standard InChI is InChI=1S/C20H19N3O8/c1-28-16-8-11(3-5-14(16)30-10-17(21)24)7-13-18(25)23(20(27)22-13)9-12-4-6-15(31-12)19(26)29-2/h3-8H,9-10H2,1-2H3,(H2,21,24)(H,22,27). The number of ether oxygens (including phenoxy) is 3. The quantitative estimate of drug-likeness (QED) is 0.359. The van der Waals surface area contributed by atoms with Gasteiger partial charge in [0, 0.05) is 0 Å². The van der Waals surface area contributed by atoms with Crippen LogP contribution in [0.15, 0.2) is 40.4 Å². The smallest absolute Gasteiger partial charge is 0.373 e. The third-order valence-corrected chi connectivity index (χ3v) is 4.19. The van der Waals surface area contributed by atoms with Crippen LogP contribution < -0.4 is 20.5 Å². The van der Waals surface area contributed by atoms with Gasteiger partial charge in [-0.15, -0.1) is 0 Å². The first-order chi connectivity index (χ1) is 14.8. The molecule has 1 saturated heterocycles. The summed E-state index contributed by atoms with van der Waals surface area (Å²) in [5.41, 5.74) is 5.65. The number of carbonyl (C=O) groups excluding carboxylic acids is 4. The Hall–Kier alpha value is -4.28. The van der Waals surface area contributed by atoms with E-state index in [0.29, 0.717) is 17.1 Å². The van der Waals surface area contributed by atoms with E-state index in [1.54, 1.807) is 18.2 Å². The fraction of sp³-hybridized carbons (Fsp3) is 0.200. The number of rotatable bonds is 8. The number of urea groups is 1. The molecule has 162 valence electrons. The van der Waals surface area contributed by atoms with Crippen LogP contribution >= 0.6 is 0 Å². The first kappa shape index (κ1) is 21.4. The van der Waals surface area contributed by atoms with E-state index in [4.69, 9.17) is 19.6 Å². The molecule has 0 saturated carbocycles. The summed E-state index contributed by atoms with van der Waals surface area (Å²) >= 11 is 0. The van der Waals surface area contributed by atoms with Gasteiger partial charge in [0.05, 0.1) is 20.8 Å². The third kappa shape index (κ3) is 4.83. The zero-order valence-corrected chi connectivity index (χ0v) is 16.7. The predicted octanol–water partition coefficient (Wildman–Crippen LogP) is 1.03. The Morgan fingerprint density at radius 1 is 1.16 bits per heavy atom. The molecule has 0 spiro atoms. The maximum atomic E-state index is 12.7. The Labute approximate surface area is 176 Å². The molecule has 0 bridgehead atoms. The van der Waals surface area contributed by atoms with Crippen LogP contribution in [0.25, 0.3) is 6.08 Å². The van der Waals surface area contributed by atoms with E-state index in [9.17, 15) is 19.2 Å². The van der Waals surface area contributed by atoms with Gasteiger partial charge in [0.2, 0.25) is 5.76 Å². The molecule has 2 heterocycles. The zero-order chi connectivity index (χ0) is 22.5. The SMILES string of the molecule is COC(=O)c1ccc(CN2C(=O)NC(=Cc3ccc(OCC(N)=O)c(OC)c3)C2=O)o1. The van der Waals surface area contributed by atoms with Gasteiger partial charge in [0.1, 0.15) is 11.5 Å². The summed E-state index contributed by atoms with van der Waals surface area (Å²) < 4.78 is 20.3. The second kappa shape index (κ2) is 9.03. The molecule has 1 aliphatic rings. The Balaban J connectivity index is 1.76. The van der Waals surface area contributed by atoms with E-state index in [0.717, 1.165) is 4.90 Å². The molecule has 2 aromatic rings. The Morgan fingerprint density at radius 2 is 1.94 bits per heavy atom. The molecule has 0 radical (unpaired) electrons. The average Bonchev–Trinajstić information content (AvgIpc) is 3.32. The van der Waals surface area contributed by atoms with Gasteiger partial charge in [0.15, 0.2) is 18.1 Å². The van der Waals surface area contributed by atoms with Crippen molar-refractivity contribution in [3.8, 4) is 11.5 Å². The van der Waals surface area contributed by atoms with Crippen LogP contribution in [0.3, 0.4) is 0 Å². The largest absolute Gasteiger partial charge is 0.493 e. The molecule has 1 aliphatic heterocycles. The fourth-order valence-electron chi connectivity index (χ4n) is 2.75. The number of nitrogens with zero attached hydrogens (tertiary/aromatic N) is 1. The minimum absolute atomic E-state index is 0.0361. The van der Waals surface area contributed by atoms with Crippen molar-refractivity contribution in [2.45, 2.75) is 6.54 Å². The zero-order valence-electron chi connectivity index (χ0n) is 16.7. The fourth-order valence-corrected chi connectivity index (χ4v) is 2.75. The van der Waals surface area contributed by atoms with Crippen LogP contribution in [0.4, 0.5) is 4.79 Å². The van der Waals surface area contributed by atoms with Gasteiger partial charge >= 0.3 is 12.0 Å². The first-order valence-electron chi connectivity index (χ1n) is 8.93. The molecular weight excluding hydrogens is 410 g/mol. The number of furan rings is 1. The van der Waals surface area contributed by atoms with Gasteiger partial charge in [-0.2, -0.15) is 0 Å². The molecule has 1 aromatic carbocycles. The number of amides is 4. The monoisotopic (exact) mass is 429 g/mol. The summed E-state index contributed by atoms with van der Waals surface area (Å²) in [5, 5.41) is 2.49. The number of methoxy groups -OCH3 is 2. The number of imide groups is 1. The van der Waals surface area contributed by atoms with Gasteiger partial charge in [-0.05, 0) is 35.9 Å². The summed E-state index contributed by atoms with van der Waals surface area (Å²) in [6.07, 6.45) is 1.46. The number of hydrogen-bond donors (Lipinski definition) is 2. The van der Waals surface area contributed by atoms with Crippen molar-refractivity contribution in [2.75, 3.05) is 20.8 Å². The van der Waals surface area contributed by atoms with E-state index in [1.807, 2.05) is 0 Å². The Kier molecular flexibility index (Phi) is 6.24. The van der Waals surface area contributed by atoms with Crippen LogP contribution in [-0.2, 0) is 20.9 Å². The number of benzene rings is 1. The molecule has 3 N–H and O–H groups in total. The van der Waals surface area contributed by atoms with E-state index in [-0.39, 0.29) is 30.4 Å². The van der Waals surface area contributed by atoms with E-state index in [1.165, 1.54) is 32.4 Å². The number of primary amides is 1. The van der Waals surface area contributed by atoms with Crippen LogP contribution in [0.1, 0.15) is 21.9 Å². The molecule has 11 nitrogen and oxygen atoms in total. The number of carbonyl (C=O) groups is 4. The minimum atomic E-state index is -0.666. The molecule has 0 unspecified atom stereocenters. The highest BCUT2D eigenvalue weighted by Gasteiger charge is 2.34. The molecule has 0 aliphatic carbocycles. The van der Waals surface area contributed by atoms with E-state index in [2.05, 4.69) is 10.1 Å². The molecule has 4 amide bonds. The van der Waals surface area contributed by atoms with Crippen molar-refractivity contribution < 1.29 is 37.8 Å². The minimum Gasteiger partial charge on any atom is -0.493 e. The number of hydrogen-bond acceptors (Lipinski definition) is 8. The highest BCUT2D eigenvalue weighted by atomic mass is 16.5. The van der Waals surface area contributed by atoms with Gasteiger partial charge in [0.25, 0.3) is 11.8 Å². The topological polar surface area (TPSA) is 150 Å². The lowest BCUT2D eigenvalue weighted by Gasteiger charge is -2.10. The highest BCUT2D eigenvalue weighted by Crippen LogP contribution is 2.29. The van der Waals surface area contributed by atoms with Crippen molar-refractivity contribution in [1.29, 1.82) is 0 Å². The maximum Gasteiger partial charge on any atom is 0.373 e. The van der Waals surface area contributed by atoms with Crippen molar-refractivity contribution >= 4 is 29.9 Å². The predicted molar refractivity (Wildman–Crippen MR) is 105 cm³/mol. The molecule has 31 heavy (non-hydrogen) atoms. The van der Waals surface area contributed by atoms with Crippen molar-refractivity contribution in [1.82, 2.24) is 10.2 Å². The lowest BCUT2D eigenvalue weighted by molar-refractivity contribution is -0.123. The first-order valence-corrected chi connectivity index (χ1v) is 8.93. The lowest BCUT2D eigenvalue weighted by Crippen LogP contribution is -2.30. The molecular formula is C20H19N3O8. The molecule has 0 atom stereocenters. The summed E-state index contributed by atoms with van der Waals surface area (Å²) in [6.45, 7) is -0.479. The van der Waals surface area contributed by atoms with Crippen LogP contribution in [0.2, 0.25) is 0 Å². The van der Waals surface area contributed by atoms with E-state index >= 15 is 0 Å². The van der Waals surface area contributed by atoms with Crippen LogP contribution in [0, 0.1) is 0 Å². The summed E-state index contributed by atoms with van der Waals surface area (Å²) in [7, 11) is 2.63. The number of nitrogens with one attached hydrogen (secondary N) is 1. The second-order valence-corrected chi connectivity index (χ2v) is 6.30. The normalized spacial score (nSPS) is 14.5. The van der Waals surface area contributed by atoms with Crippen molar-refractivity contribution in [3.63, 3.8) is 0 Å². The number of esters is 1. The van der Waals surface area contributed by atoms with Gasteiger partial charge in [-0.3, -0.25) is 14.5 Å². The number of nitrogens with two attached hydrogens (primary N) is 1. The van der Waals surface area contributed by atoms with Gasteiger partial charge in [-0.1, -0.05) is 6.07 Å². The third-order valence-electron chi connectivity index (χ3n) is 4.19. The Bertz CT molecular complexity index is 1070. The summed E-state index contributed by atoms with van der Waals surface area (Å²) in [6, 6.07) is 6.96. The van der Waals surface area contributed by atoms with Crippen LogP contribution in [0.5, 0.6) is 11.5 Å². The molecule has 1 aromatic heterocycles. The van der Waals surface area contributed by atoms with Crippen molar-refractivity contribution in [2.24, 2.45) is 5.73 Å². The molecule has 1 fully saturated rings. The van der Waals surface area contributed by atoms with Crippen LogP contribution in [-0.4, -0.2) is 49.5 Å². The summed E-state index contributed by atoms with van der Waals surface area (Å²) in [4.78, 5) is 48.2. The maximum absolute atomic E-state index is 12.7. The lowest BCUT2D eigenvalue weighted by atomic mass is 10.1. The Morgan fingerprint density at radius 3 is 2.61 bits per heavy atom. The highest BCUT2D eigenvalue weighted by molar-refractivity contribution is 6.13. The summed E-state index contributed by atoms with van der Waals surface area (Å²) in [5.74, 6) is -1.06.